The number of nitrogens with zero attached hydrogens (tertiary/aromatic N) is 1. The highest BCUT2D eigenvalue weighted by Gasteiger charge is 2.15. The van der Waals surface area contributed by atoms with Crippen LogP contribution in [0.4, 0.5) is 0 Å². The molecule has 4 heteroatoms. The fraction of sp³-hybridized carbons (Fsp3) is 0.727. The Morgan fingerprint density at radius 1 is 1.40 bits per heavy atom. The van der Waals surface area contributed by atoms with Crippen LogP contribution in [0.1, 0.15) is 37.8 Å². The lowest BCUT2D eigenvalue weighted by atomic mass is 9.90. The zero-order chi connectivity index (χ0) is 10.5. The summed E-state index contributed by atoms with van der Waals surface area (Å²) in [5, 5.41) is 0. The fourth-order valence-corrected chi connectivity index (χ4v) is 2.08. The van der Waals surface area contributed by atoms with E-state index in [1.165, 1.54) is 32.1 Å². The van der Waals surface area contributed by atoms with Crippen molar-refractivity contribution in [2.75, 3.05) is 6.61 Å². The van der Waals surface area contributed by atoms with E-state index in [0.717, 1.165) is 12.3 Å². The van der Waals surface area contributed by atoms with Crippen molar-refractivity contribution in [1.82, 2.24) is 4.98 Å². The molecule has 0 saturated heterocycles. The lowest BCUT2D eigenvalue weighted by molar-refractivity contribution is 0.165. The van der Waals surface area contributed by atoms with Gasteiger partial charge in [-0.15, -0.1) is 11.6 Å². The number of oxazole rings is 1. The molecule has 1 aromatic heterocycles. The monoisotopic (exact) mass is 229 g/mol. The van der Waals surface area contributed by atoms with E-state index in [9.17, 15) is 0 Å². The highest BCUT2D eigenvalue weighted by atomic mass is 35.5. The first-order chi connectivity index (χ1) is 7.38. The Labute approximate surface area is 94.8 Å². The number of aromatic nitrogens is 1. The molecule has 0 spiro atoms. The third kappa shape index (κ3) is 3.13. The van der Waals surface area contributed by atoms with Gasteiger partial charge in [0.15, 0.2) is 0 Å². The maximum Gasteiger partial charge on any atom is 0.393 e. The standard InChI is InChI=1S/C11H16ClNO2/c12-6-10-8-15-11(13-10)14-7-9-4-2-1-3-5-9/h8-9H,1-7H2. The third-order valence-corrected chi connectivity index (χ3v) is 3.11. The summed E-state index contributed by atoms with van der Waals surface area (Å²) in [6.07, 6.45) is 8.46. The van der Waals surface area contributed by atoms with Gasteiger partial charge in [0.1, 0.15) is 6.26 Å². The zero-order valence-corrected chi connectivity index (χ0v) is 9.50. The van der Waals surface area contributed by atoms with Gasteiger partial charge in [0.2, 0.25) is 0 Å². The van der Waals surface area contributed by atoms with Gasteiger partial charge in [-0.1, -0.05) is 19.3 Å². The number of alkyl halides is 1. The van der Waals surface area contributed by atoms with Gasteiger partial charge in [-0.05, 0) is 18.8 Å². The minimum absolute atomic E-state index is 0.358. The van der Waals surface area contributed by atoms with Gasteiger partial charge in [-0.25, -0.2) is 0 Å². The van der Waals surface area contributed by atoms with Crippen molar-refractivity contribution < 1.29 is 9.15 Å². The van der Waals surface area contributed by atoms with Crippen molar-refractivity contribution in [1.29, 1.82) is 0 Å². The van der Waals surface area contributed by atoms with Crippen molar-refractivity contribution >= 4 is 11.6 Å². The van der Waals surface area contributed by atoms with E-state index in [-0.39, 0.29) is 0 Å². The average Bonchev–Trinajstić information content (AvgIpc) is 2.76. The average molecular weight is 230 g/mol. The second-order valence-corrected chi connectivity index (χ2v) is 4.32. The quantitative estimate of drug-likeness (QED) is 0.743. The molecule has 0 aliphatic heterocycles. The minimum Gasteiger partial charge on any atom is -0.450 e. The molecule has 0 unspecified atom stereocenters. The summed E-state index contributed by atoms with van der Waals surface area (Å²) in [7, 11) is 0. The molecule has 0 aromatic carbocycles. The summed E-state index contributed by atoms with van der Waals surface area (Å²) >= 11 is 5.61. The Hall–Kier alpha value is -0.700. The lowest BCUT2D eigenvalue weighted by Crippen LogP contribution is -2.15. The van der Waals surface area contributed by atoms with Gasteiger partial charge in [0.25, 0.3) is 0 Å². The molecule has 0 N–H and O–H groups in total. The largest absolute Gasteiger partial charge is 0.450 e. The summed E-state index contributed by atoms with van der Waals surface area (Å²) in [4.78, 5) is 4.09. The first kappa shape index (κ1) is 10.8. The lowest BCUT2D eigenvalue weighted by Gasteiger charge is -2.20. The molecule has 84 valence electrons. The van der Waals surface area contributed by atoms with Crippen LogP contribution >= 0.6 is 11.6 Å². The molecule has 0 radical (unpaired) electrons. The maximum absolute atomic E-state index is 5.61. The Kier molecular flexibility index (Phi) is 3.89. The molecular formula is C11H16ClNO2. The number of hydrogen-bond acceptors (Lipinski definition) is 3. The Balaban J connectivity index is 1.76. The van der Waals surface area contributed by atoms with Gasteiger partial charge in [-0.3, -0.25) is 0 Å². The van der Waals surface area contributed by atoms with Gasteiger partial charge < -0.3 is 9.15 Å². The smallest absolute Gasteiger partial charge is 0.393 e. The van der Waals surface area contributed by atoms with E-state index in [2.05, 4.69) is 4.98 Å². The van der Waals surface area contributed by atoms with Crippen LogP contribution in [0.3, 0.4) is 0 Å². The molecule has 0 atom stereocenters. The molecule has 0 amide bonds. The highest BCUT2D eigenvalue weighted by molar-refractivity contribution is 6.16. The van der Waals surface area contributed by atoms with Crippen molar-refractivity contribution in [3.8, 4) is 6.08 Å². The predicted molar refractivity (Wildman–Crippen MR) is 58.1 cm³/mol. The first-order valence-corrected chi connectivity index (χ1v) is 6.05. The van der Waals surface area contributed by atoms with Gasteiger partial charge in [0.05, 0.1) is 18.2 Å². The molecule has 3 nitrogen and oxygen atoms in total. The van der Waals surface area contributed by atoms with E-state index >= 15 is 0 Å². The summed E-state index contributed by atoms with van der Waals surface area (Å²) in [6.45, 7) is 0.724. The Bertz CT molecular complexity index is 295. The normalized spacial score (nSPS) is 17.9. The van der Waals surface area contributed by atoms with Crippen LogP contribution in [-0.2, 0) is 5.88 Å². The number of ether oxygens (including phenoxy) is 1. The van der Waals surface area contributed by atoms with E-state index in [0.29, 0.717) is 17.9 Å². The molecule has 1 saturated carbocycles. The van der Waals surface area contributed by atoms with E-state index < -0.39 is 0 Å². The van der Waals surface area contributed by atoms with Gasteiger partial charge >= 0.3 is 6.08 Å². The second-order valence-electron chi connectivity index (χ2n) is 4.05. The first-order valence-electron chi connectivity index (χ1n) is 5.51. The summed E-state index contributed by atoms with van der Waals surface area (Å²) in [5.41, 5.74) is 0.732. The number of rotatable bonds is 4. The number of hydrogen-bond donors (Lipinski definition) is 0. The molecule has 1 aliphatic rings. The molecule has 15 heavy (non-hydrogen) atoms. The van der Waals surface area contributed by atoms with E-state index in [1.807, 2.05) is 0 Å². The molecule has 1 aliphatic carbocycles. The zero-order valence-electron chi connectivity index (χ0n) is 8.75. The maximum atomic E-state index is 5.61. The van der Waals surface area contributed by atoms with Crippen LogP contribution in [0.15, 0.2) is 10.7 Å². The fourth-order valence-electron chi connectivity index (χ4n) is 1.96. The summed E-state index contributed by atoms with van der Waals surface area (Å²) in [6, 6.07) is 0. The SMILES string of the molecule is ClCc1coc(OCC2CCCCC2)n1. The van der Waals surface area contributed by atoms with Crippen molar-refractivity contribution in [2.24, 2.45) is 5.92 Å². The predicted octanol–water partition coefficient (Wildman–Crippen LogP) is 3.37. The molecule has 1 fully saturated rings. The van der Waals surface area contributed by atoms with Crippen molar-refractivity contribution in [3.05, 3.63) is 12.0 Å². The molecule has 1 aromatic rings. The van der Waals surface area contributed by atoms with E-state index in [4.69, 9.17) is 20.8 Å². The summed E-state index contributed by atoms with van der Waals surface area (Å²) < 4.78 is 10.6. The molecule has 2 rings (SSSR count). The molecule has 0 bridgehead atoms. The van der Waals surface area contributed by atoms with E-state index in [1.54, 1.807) is 6.26 Å². The van der Waals surface area contributed by atoms with Crippen LogP contribution in [-0.4, -0.2) is 11.6 Å². The highest BCUT2D eigenvalue weighted by Crippen LogP contribution is 2.24. The van der Waals surface area contributed by atoms with Crippen LogP contribution in [0.2, 0.25) is 0 Å². The second kappa shape index (κ2) is 5.40. The van der Waals surface area contributed by atoms with Crippen LogP contribution < -0.4 is 4.74 Å². The van der Waals surface area contributed by atoms with Crippen LogP contribution in [0.25, 0.3) is 0 Å². The van der Waals surface area contributed by atoms with Crippen molar-refractivity contribution in [2.45, 2.75) is 38.0 Å². The van der Waals surface area contributed by atoms with Gasteiger partial charge in [0, 0.05) is 0 Å². The van der Waals surface area contributed by atoms with Gasteiger partial charge in [-0.2, -0.15) is 4.98 Å². The number of halogens is 1. The molecular weight excluding hydrogens is 214 g/mol. The Morgan fingerprint density at radius 2 is 2.20 bits per heavy atom. The topological polar surface area (TPSA) is 35.3 Å². The third-order valence-electron chi connectivity index (χ3n) is 2.83. The van der Waals surface area contributed by atoms with Crippen LogP contribution in [0, 0.1) is 5.92 Å². The molecule has 1 heterocycles. The minimum atomic E-state index is 0.358. The Morgan fingerprint density at radius 3 is 2.87 bits per heavy atom. The summed E-state index contributed by atoms with van der Waals surface area (Å²) in [5.74, 6) is 1.04. The van der Waals surface area contributed by atoms with Crippen molar-refractivity contribution in [3.63, 3.8) is 0 Å². The van der Waals surface area contributed by atoms with Crippen LogP contribution in [0.5, 0.6) is 6.08 Å².